The van der Waals surface area contributed by atoms with E-state index in [2.05, 4.69) is 33.1 Å². The van der Waals surface area contributed by atoms with Crippen LogP contribution in [-0.2, 0) is 4.84 Å². The lowest BCUT2D eigenvalue weighted by atomic mass is 10.4. The zero-order valence-electron chi connectivity index (χ0n) is 7.22. The maximum atomic E-state index is 5.09. The molecule has 0 atom stereocenters. The van der Waals surface area contributed by atoms with Crippen LogP contribution < -0.4 is 5.32 Å². The molecule has 0 rings (SSSR count). The van der Waals surface area contributed by atoms with Crippen molar-refractivity contribution in [1.29, 1.82) is 0 Å². The topological polar surface area (TPSA) is 33.6 Å². The number of alkyl halides is 1. The van der Waals surface area contributed by atoms with Gasteiger partial charge in [-0.1, -0.05) is 27.7 Å². The predicted molar refractivity (Wildman–Crippen MR) is 56.5 cm³/mol. The van der Waals surface area contributed by atoms with Crippen LogP contribution >= 0.6 is 22.6 Å². The standard InChI is InChI=1S/C7H15IN2O/c1-6(2)11-10-7(4-8)5-9-3/h6,9H,4-5H2,1-3H3/b10-7+. The van der Waals surface area contributed by atoms with E-state index in [0.717, 1.165) is 16.7 Å². The molecule has 0 aromatic carbocycles. The Hall–Kier alpha value is 0.160. The second-order valence-corrected chi connectivity index (χ2v) is 3.24. The molecule has 0 saturated carbocycles. The van der Waals surface area contributed by atoms with Gasteiger partial charge in [-0.25, -0.2) is 0 Å². The van der Waals surface area contributed by atoms with E-state index < -0.39 is 0 Å². The number of hydrogen-bond donors (Lipinski definition) is 1. The SMILES string of the molecule is CNC/C(CI)=N/OC(C)C. The maximum Gasteiger partial charge on any atom is 0.122 e. The third kappa shape index (κ3) is 6.55. The summed E-state index contributed by atoms with van der Waals surface area (Å²) in [5, 5.41) is 7.00. The highest BCUT2D eigenvalue weighted by molar-refractivity contribution is 14.1. The quantitative estimate of drug-likeness (QED) is 0.355. The number of nitrogens with one attached hydrogen (secondary N) is 1. The second-order valence-electron chi connectivity index (χ2n) is 2.48. The van der Waals surface area contributed by atoms with E-state index in [9.17, 15) is 0 Å². The Labute approximate surface area is 81.7 Å². The molecular formula is C7H15IN2O. The molecule has 0 saturated heterocycles. The molecule has 0 fully saturated rings. The highest BCUT2D eigenvalue weighted by Gasteiger charge is 1.96. The van der Waals surface area contributed by atoms with Crippen LogP contribution in [0.1, 0.15) is 13.8 Å². The summed E-state index contributed by atoms with van der Waals surface area (Å²) < 4.78 is 0.908. The number of halogens is 1. The van der Waals surface area contributed by atoms with E-state index in [-0.39, 0.29) is 6.10 Å². The lowest BCUT2D eigenvalue weighted by molar-refractivity contribution is 0.0856. The summed E-state index contributed by atoms with van der Waals surface area (Å²) in [6.07, 6.45) is 0.171. The molecule has 0 unspecified atom stereocenters. The van der Waals surface area contributed by atoms with Gasteiger partial charge in [0, 0.05) is 11.0 Å². The van der Waals surface area contributed by atoms with Gasteiger partial charge in [0.15, 0.2) is 0 Å². The molecule has 0 aliphatic carbocycles. The van der Waals surface area contributed by atoms with Crippen molar-refractivity contribution in [3.05, 3.63) is 0 Å². The molecule has 66 valence electrons. The minimum Gasteiger partial charge on any atom is -0.393 e. The van der Waals surface area contributed by atoms with Crippen molar-refractivity contribution in [3.63, 3.8) is 0 Å². The summed E-state index contributed by atoms with van der Waals surface area (Å²) in [6, 6.07) is 0. The van der Waals surface area contributed by atoms with E-state index in [1.54, 1.807) is 0 Å². The number of rotatable bonds is 5. The van der Waals surface area contributed by atoms with Gasteiger partial charge in [0.1, 0.15) is 6.10 Å². The zero-order valence-corrected chi connectivity index (χ0v) is 9.38. The van der Waals surface area contributed by atoms with Gasteiger partial charge in [-0.3, -0.25) is 0 Å². The molecule has 1 N–H and O–H groups in total. The maximum absolute atomic E-state index is 5.09. The fourth-order valence-corrected chi connectivity index (χ4v) is 0.897. The summed E-state index contributed by atoms with van der Waals surface area (Å²) in [4.78, 5) is 5.09. The Balaban J connectivity index is 3.70. The van der Waals surface area contributed by atoms with E-state index in [1.807, 2.05) is 20.9 Å². The Bertz CT molecular complexity index is 126. The highest BCUT2D eigenvalue weighted by atomic mass is 127. The van der Waals surface area contributed by atoms with Crippen molar-refractivity contribution in [1.82, 2.24) is 5.32 Å². The summed E-state index contributed by atoms with van der Waals surface area (Å²) in [5.74, 6) is 0. The molecule has 0 aliphatic heterocycles. The third-order valence-electron chi connectivity index (χ3n) is 0.928. The largest absolute Gasteiger partial charge is 0.393 e. The highest BCUT2D eigenvalue weighted by Crippen LogP contribution is 1.92. The van der Waals surface area contributed by atoms with Crippen LogP contribution in [0.2, 0.25) is 0 Å². The molecule has 0 spiro atoms. The molecule has 0 aliphatic rings. The van der Waals surface area contributed by atoms with Crippen LogP contribution in [0.15, 0.2) is 5.16 Å². The average molecular weight is 270 g/mol. The van der Waals surface area contributed by atoms with Gasteiger partial charge < -0.3 is 10.2 Å². The van der Waals surface area contributed by atoms with E-state index in [1.165, 1.54) is 0 Å². The van der Waals surface area contributed by atoms with Gasteiger partial charge in [0.05, 0.1) is 5.71 Å². The van der Waals surface area contributed by atoms with Crippen molar-refractivity contribution in [2.24, 2.45) is 5.16 Å². The Morgan fingerprint density at radius 3 is 2.64 bits per heavy atom. The van der Waals surface area contributed by atoms with Gasteiger partial charge in [-0.15, -0.1) is 0 Å². The Morgan fingerprint density at radius 1 is 1.64 bits per heavy atom. The molecule has 0 aromatic heterocycles. The van der Waals surface area contributed by atoms with Gasteiger partial charge in [0.2, 0.25) is 0 Å². The normalized spacial score (nSPS) is 12.3. The zero-order chi connectivity index (χ0) is 8.69. The summed E-state index contributed by atoms with van der Waals surface area (Å²) in [7, 11) is 1.90. The molecule has 0 bridgehead atoms. The average Bonchev–Trinajstić information content (AvgIpc) is 1.97. The first-order valence-corrected chi connectivity index (χ1v) is 5.15. The van der Waals surface area contributed by atoms with Crippen LogP contribution in [0, 0.1) is 0 Å². The van der Waals surface area contributed by atoms with Crippen LogP contribution in [0.3, 0.4) is 0 Å². The molecule has 0 amide bonds. The molecular weight excluding hydrogens is 255 g/mol. The van der Waals surface area contributed by atoms with Crippen molar-refractivity contribution < 1.29 is 4.84 Å². The predicted octanol–water partition coefficient (Wildman–Crippen LogP) is 1.42. The van der Waals surface area contributed by atoms with Crippen LogP contribution in [0.4, 0.5) is 0 Å². The lowest BCUT2D eigenvalue weighted by Crippen LogP contribution is -2.20. The van der Waals surface area contributed by atoms with Crippen molar-refractivity contribution in [3.8, 4) is 0 Å². The first-order valence-electron chi connectivity index (χ1n) is 3.62. The minimum absolute atomic E-state index is 0.171. The van der Waals surface area contributed by atoms with Gasteiger partial charge in [0.25, 0.3) is 0 Å². The molecule has 11 heavy (non-hydrogen) atoms. The first-order chi connectivity index (χ1) is 5.20. The molecule has 0 aromatic rings. The molecule has 0 heterocycles. The van der Waals surface area contributed by atoms with Crippen LogP contribution in [0.5, 0.6) is 0 Å². The number of nitrogens with zero attached hydrogens (tertiary/aromatic N) is 1. The fourth-order valence-electron chi connectivity index (χ4n) is 0.488. The second kappa shape index (κ2) is 6.84. The molecule has 0 radical (unpaired) electrons. The number of oxime groups is 1. The van der Waals surface area contributed by atoms with Crippen LogP contribution in [0.25, 0.3) is 0 Å². The summed E-state index contributed by atoms with van der Waals surface area (Å²) in [6.45, 7) is 4.73. The van der Waals surface area contributed by atoms with Gasteiger partial charge >= 0.3 is 0 Å². The smallest absolute Gasteiger partial charge is 0.122 e. The lowest BCUT2D eigenvalue weighted by Gasteiger charge is -2.04. The van der Waals surface area contributed by atoms with E-state index in [4.69, 9.17) is 4.84 Å². The minimum atomic E-state index is 0.171. The summed E-state index contributed by atoms with van der Waals surface area (Å²) in [5.41, 5.74) is 1.04. The third-order valence-corrected chi connectivity index (χ3v) is 1.81. The first kappa shape index (κ1) is 11.2. The van der Waals surface area contributed by atoms with Crippen LogP contribution in [-0.4, -0.2) is 29.8 Å². The van der Waals surface area contributed by atoms with Gasteiger partial charge in [-0.05, 0) is 20.9 Å². The van der Waals surface area contributed by atoms with Crippen molar-refractivity contribution in [2.75, 3.05) is 18.0 Å². The number of hydrogen-bond acceptors (Lipinski definition) is 3. The Kier molecular flexibility index (Phi) is 6.94. The molecule has 4 heteroatoms. The monoisotopic (exact) mass is 270 g/mol. The van der Waals surface area contributed by atoms with Gasteiger partial charge in [-0.2, -0.15) is 0 Å². The molecule has 3 nitrogen and oxygen atoms in total. The van der Waals surface area contributed by atoms with Crippen molar-refractivity contribution in [2.45, 2.75) is 20.0 Å². The fraction of sp³-hybridized carbons (Fsp3) is 0.857. The summed E-state index contributed by atoms with van der Waals surface area (Å²) >= 11 is 2.27. The van der Waals surface area contributed by atoms with Crippen molar-refractivity contribution >= 4 is 28.3 Å². The Morgan fingerprint density at radius 2 is 2.27 bits per heavy atom. The van der Waals surface area contributed by atoms with E-state index in [0.29, 0.717) is 0 Å². The van der Waals surface area contributed by atoms with E-state index >= 15 is 0 Å².